The predicted octanol–water partition coefficient (Wildman–Crippen LogP) is 4.61. The highest BCUT2D eigenvalue weighted by atomic mass is 79.9. The Balaban J connectivity index is 1.66. The van der Waals surface area contributed by atoms with Crippen molar-refractivity contribution in [2.45, 2.75) is 4.90 Å². The van der Waals surface area contributed by atoms with E-state index in [0.717, 1.165) is 14.6 Å². The van der Waals surface area contributed by atoms with Gasteiger partial charge in [0, 0.05) is 27.0 Å². The number of sulfonamides is 1. The summed E-state index contributed by atoms with van der Waals surface area (Å²) >= 11 is 12.1. The first-order chi connectivity index (χ1) is 13.3. The fourth-order valence-electron chi connectivity index (χ4n) is 2.12. The summed E-state index contributed by atoms with van der Waals surface area (Å²) in [7, 11) is -3.78. The number of rotatable bonds is 5. The molecule has 0 radical (unpaired) electrons. The van der Waals surface area contributed by atoms with Gasteiger partial charge < -0.3 is 10.6 Å². The minimum absolute atomic E-state index is 0.00940. The first-order valence-corrected chi connectivity index (χ1v) is 11.2. The molecule has 3 N–H and O–H groups in total. The van der Waals surface area contributed by atoms with E-state index in [1.165, 1.54) is 24.5 Å². The predicted molar refractivity (Wildman–Crippen MR) is 121 cm³/mol. The molecule has 0 fully saturated rings. The van der Waals surface area contributed by atoms with Crippen LogP contribution in [0.25, 0.3) is 0 Å². The number of aromatic nitrogens is 2. The lowest BCUT2D eigenvalue weighted by Gasteiger charge is -2.13. The molecule has 1 heterocycles. The Kier molecular flexibility index (Phi) is 6.60. The van der Waals surface area contributed by atoms with Gasteiger partial charge in [-0.2, -0.15) is 0 Å². The number of halogens is 2. The molecule has 0 amide bonds. The number of benzene rings is 2. The van der Waals surface area contributed by atoms with Gasteiger partial charge in [-0.05, 0) is 76.7 Å². The minimum Gasteiger partial charge on any atom is -0.332 e. The first-order valence-electron chi connectivity index (χ1n) is 7.76. The molecular formula is C17H13Br2N5O2S2. The van der Waals surface area contributed by atoms with E-state index < -0.39 is 10.0 Å². The molecule has 0 aliphatic rings. The molecule has 0 aliphatic carbocycles. The van der Waals surface area contributed by atoms with Crippen LogP contribution in [-0.2, 0) is 10.0 Å². The Morgan fingerprint density at radius 1 is 0.964 bits per heavy atom. The smallest absolute Gasteiger partial charge is 0.264 e. The zero-order valence-electron chi connectivity index (χ0n) is 14.1. The molecule has 0 aliphatic heterocycles. The van der Waals surface area contributed by atoms with Crippen molar-refractivity contribution in [2.75, 3.05) is 15.4 Å². The second kappa shape index (κ2) is 8.95. The van der Waals surface area contributed by atoms with E-state index in [9.17, 15) is 8.42 Å². The maximum atomic E-state index is 12.4. The molecule has 0 unspecified atom stereocenters. The second-order valence-electron chi connectivity index (χ2n) is 5.41. The molecule has 7 nitrogen and oxygen atoms in total. The Labute approximate surface area is 184 Å². The number of anilines is 3. The van der Waals surface area contributed by atoms with Crippen LogP contribution < -0.4 is 15.4 Å². The molecule has 0 bridgehead atoms. The third-order valence-electron chi connectivity index (χ3n) is 3.39. The third kappa shape index (κ3) is 5.47. The molecule has 0 saturated heterocycles. The van der Waals surface area contributed by atoms with Gasteiger partial charge >= 0.3 is 0 Å². The van der Waals surface area contributed by atoms with Gasteiger partial charge in [0.15, 0.2) is 5.11 Å². The third-order valence-corrected chi connectivity index (χ3v) is 6.09. The lowest BCUT2D eigenvalue weighted by atomic mass is 10.3. The molecule has 1 aromatic heterocycles. The van der Waals surface area contributed by atoms with Gasteiger partial charge in [-0.15, -0.1) is 0 Å². The Morgan fingerprint density at radius 2 is 1.64 bits per heavy atom. The average molecular weight is 543 g/mol. The minimum atomic E-state index is -3.78. The SMILES string of the molecule is O=S(=O)(Nc1ncccn1)c1ccc(NC(=S)Nc2ccc(Br)cc2Br)cc1. The summed E-state index contributed by atoms with van der Waals surface area (Å²) in [5, 5.41) is 6.45. The van der Waals surface area contributed by atoms with E-state index in [-0.39, 0.29) is 10.8 Å². The summed E-state index contributed by atoms with van der Waals surface area (Å²) in [6.07, 6.45) is 2.91. The van der Waals surface area contributed by atoms with Crippen LogP contribution in [0.1, 0.15) is 0 Å². The van der Waals surface area contributed by atoms with E-state index in [4.69, 9.17) is 12.2 Å². The van der Waals surface area contributed by atoms with Crippen molar-refractivity contribution < 1.29 is 8.42 Å². The molecule has 3 rings (SSSR count). The van der Waals surface area contributed by atoms with Gasteiger partial charge in [0.25, 0.3) is 10.0 Å². The highest BCUT2D eigenvalue weighted by molar-refractivity contribution is 9.11. The van der Waals surface area contributed by atoms with E-state index in [1.807, 2.05) is 18.2 Å². The summed E-state index contributed by atoms with van der Waals surface area (Å²) in [5.74, 6) is 0.00940. The van der Waals surface area contributed by atoms with Gasteiger partial charge in [0.1, 0.15) is 0 Å². The summed E-state index contributed by atoms with van der Waals surface area (Å²) in [6, 6.07) is 13.4. The Morgan fingerprint density at radius 3 is 2.29 bits per heavy atom. The second-order valence-corrected chi connectivity index (χ2v) is 9.27. The fraction of sp³-hybridized carbons (Fsp3) is 0. The van der Waals surface area contributed by atoms with Crippen LogP contribution in [0.2, 0.25) is 0 Å². The van der Waals surface area contributed by atoms with Crippen LogP contribution >= 0.6 is 44.1 Å². The number of nitrogens with zero attached hydrogens (tertiary/aromatic N) is 2. The average Bonchev–Trinajstić information content (AvgIpc) is 2.65. The van der Waals surface area contributed by atoms with E-state index in [2.05, 4.69) is 57.2 Å². The molecule has 2 aromatic carbocycles. The lowest BCUT2D eigenvalue weighted by molar-refractivity contribution is 0.601. The molecule has 144 valence electrons. The van der Waals surface area contributed by atoms with Crippen LogP contribution in [0.15, 0.2) is 74.8 Å². The van der Waals surface area contributed by atoms with Gasteiger partial charge in [-0.1, -0.05) is 15.9 Å². The van der Waals surface area contributed by atoms with E-state index in [0.29, 0.717) is 10.8 Å². The monoisotopic (exact) mass is 541 g/mol. The Bertz CT molecular complexity index is 1090. The first kappa shape index (κ1) is 20.6. The number of nitrogens with one attached hydrogen (secondary N) is 3. The van der Waals surface area contributed by atoms with Crippen molar-refractivity contribution in [1.82, 2.24) is 9.97 Å². The largest absolute Gasteiger partial charge is 0.332 e. The molecular weight excluding hydrogens is 530 g/mol. The number of hydrogen-bond acceptors (Lipinski definition) is 5. The molecule has 0 spiro atoms. The van der Waals surface area contributed by atoms with Crippen molar-refractivity contribution in [3.63, 3.8) is 0 Å². The van der Waals surface area contributed by atoms with E-state index >= 15 is 0 Å². The van der Waals surface area contributed by atoms with Crippen LogP contribution in [0.4, 0.5) is 17.3 Å². The molecule has 11 heteroatoms. The maximum Gasteiger partial charge on any atom is 0.264 e. The summed E-state index contributed by atoms with van der Waals surface area (Å²) < 4.78 is 28.9. The quantitative estimate of drug-likeness (QED) is 0.405. The van der Waals surface area contributed by atoms with Gasteiger partial charge in [0.2, 0.25) is 5.95 Å². The normalized spacial score (nSPS) is 10.9. The van der Waals surface area contributed by atoms with Gasteiger partial charge in [-0.3, -0.25) is 0 Å². The zero-order chi connectivity index (χ0) is 20.1. The zero-order valence-corrected chi connectivity index (χ0v) is 18.9. The van der Waals surface area contributed by atoms with Crippen molar-refractivity contribution in [3.8, 4) is 0 Å². The van der Waals surface area contributed by atoms with Crippen molar-refractivity contribution in [2.24, 2.45) is 0 Å². The van der Waals surface area contributed by atoms with E-state index in [1.54, 1.807) is 18.2 Å². The summed E-state index contributed by atoms with van der Waals surface area (Å²) in [4.78, 5) is 7.79. The Hall–Kier alpha value is -2.08. The summed E-state index contributed by atoms with van der Waals surface area (Å²) in [6.45, 7) is 0. The number of thiocarbonyl (C=S) groups is 1. The van der Waals surface area contributed by atoms with Crippen molar-refractivity contribution >= 4 is 76.5 Å². The van der Waals surface area contributed by atoms with Crippen LogP contribution in [0.5, 0.6) is 0 Å². The van der Waals surface area contributed by atoms with Crippen LogP contribution in [0, 0.1) is 0 Å². The maximum absolute atomic E-state index is 12.4. The van der Waals surface area contributed by atoms with Gasteiger partial charge in [0.05, 0.1) is 10.6 Å². The van der Waals surface area contributed by atoms with Gasteiger partial charge in [-0.25, -0.2) is 23.1 Å². The topological polar surface area (TPSA) is 96.0 Å². The van der Waals surface area contributed by atoms with Crippen LogP contribution in [0.3, 0.4) is 0 Å². The molecule has 0 saturated carbocycles. The highest BCUT2D eigenvalue weighted by Gasteiger charge is 2.15. The standard InChI is InChI=1S/C17H13Br2N5O2S2/c18-11-2-7-15(14(19)10-11)23-17(27)22-12-3-5-13(6-4-12)28(25,26)24-16-20-8-1-9-21-16/h1-10H,(H,20,21,24)(H2,22,23,27). The van der Waals surface area contributed by atoms with Crippen LogP contribution in [-0.4, -0.2) is 23.5 Å². The fourth-order valence-corrected chi connectivity index (χ4v) is 4.46. The molecule has 3 aromatic rings. The summed E-state index contributed by atoms with van der Waals surface area (Å²) in [5.41, 5.74) is 1.44. The number of hydrogen-bond donors (Lipinski definition) is 3. The van der Waals surface area contributed by atoms with Crippen molar-refractivity contribution in [1.29, 1.82) is 0 Å². The van der Waals surface area contributed by atoms with Crippen molar-refractivity contribution in [3.05, 3.63) is 69.9 Å². The molecule has 28 heavy (non-hydrogen) atoms. The lowest BCUT2D eigenvalue weighted by Crippen LogP contribution is -2.19. The highest BCUT2D eigenvalue weighted by Crippen LogP contribution is 2.26. The molecule has 0 atom stereocenters.